The highest BCUT2D eigenvalue weighted by Crippen LogP contribution is 2.21. The lowest BCUT2D eigenvalue weighted by molar-refractivity contribution is -0.120. The lowest BCUT2D eigenvalue weighted by Crippen LogP contribution is -2.38. The second kappa shape index (κ2) is 8.69. The van der Waals surface area contributed by atoms with Crippen molar-refractivity contribution in [3.05, 3.63) is 38.9 Å². The van der Waals surface area contributed by atoms with Gasteiger partial charge >= 0.3 is 0 Å². The number of hydrogen-bond donors (Lipinski definition) is 1. The number of piperidine rings is 1. The molecule has 1 aliphatic heterocycles. The van der Waals surface area contributed by atoms with Crippen molar-refractivity contribution in [2.45, 2.75) is 39.5 Å². The van der Waals surface area contributed by atoms with E-state index >= 15 is 0 Å². The van der Waals surface area contributed by atoms with Gasteiger partial charge in [-0.05, 0) is 45.8 Å². The Morgan fingerprint density at radius 2 is 2.00 bits per heavy atom. The van der Waals surface area contributed by atoms with E-state index in [0.29, 0.717) is 34.2 Å². The standard InChI is InChI=1S/C21H28N6O2S/c1-14-11-17(24-25(14)3)19-15(2)23-21-27(20(19)29)16(13-30-21)12-18(28)22-7-10-26-8-5-4-6-9-26/h11,13H,4-10,12H2,1-3H3,(H,22,28). The van der Waals surface area contributed by atoms with Crippen molar-refractivity contribution in [3.63, 3.8) is 0 Å². The van der Waals surface area contributed by atoms with Crippen LogP contribution in [0.2, 0.25) is 0 Å². The van der Waals surface area contributed by atoms with Gasteiger partial charge in [0.25, 0.3) is 5.56 Å². The van der Waals surface area contributed by atoms with Crippen LogP contribution in [-0.2, 0) is 18.3 Å². The average Bonchev–Trinajstić information content (AvgIpc) is 3.25. The molecule has 0 unspecified atom stereocenters. The highest BCUT2D eigenvalue weighted by Gasteiger charge is 2.19. The van der Waals surface area contributed by atoms with E-state index in [1.165, 1.54) is 30.6 Å². The summed E-state index contributed by atoms with van der Waals surface area (Å²) in [5.74, 6) is -0.0746. The van der Waals surface area contributed by atoms with Crippen molar-refractivity contribution in [1.29, 1.82) is 0 Å². The quantitative estimate of drug-likeness (QED) is 0.648. The Kier molecular flexibility index (Phi) is 6.01. The van der Waals surface area contributed by atoms with Gasteiger partial charge in [-0.2, -0.15) is 5.10 Å². The summed E-state index contributed by atoms with van der Waals surface area (Å²) in [5.41, 5.74) is 3.21. The zero-order valence-corrected chi connectivity index (χ0v) is 18.6. The number of carbonyl (C=O) groups excluding carboxylic acids is 1. The predicted octanol–water partition coefficient (Wildman–Crippen LogP) is 1.92. The largest absolute Gasteiger partial charge is 0.354 e. The first-order chi connectivity index (χ1) is 14.4. The molecule has 0 saturated carbocycles. The Morgan fingerprint density at radius 3 is 2.70 bits per heavy atom. The summed E-state index contributed by atoms with van der Waals surface area (Å²) < 4.78 is 3.30. The van der Waals surface area contributed by atoms with Crippen LogP contribution in [-0.4, -0.2) is 56.2 Å². The third-order valence-corrected chi connectivity index (χ3v) is 6.61. The maximum Gasteiger partial charge on any atom is 0.268 e. The molecule has 8 nitrogen and oxygen atoms in total. The van der Waals surface area contributed by atoms with Gasteiger partial charge in [-0.1, -0.05) is 6.42 Å². The number of carbonyl (C=O) groups is 1. The molecule has 3 aromatic rings. The molecule has 0 spiro atoms. The molecule has 0 atom stereocenters. The Balaban J connectivity index is 1.52. The number of hydrogen-bond acceptors (Lipinski definition) is 6. The molecular formula is C21H28N6O2S. The topological polar surface area (TPSA) is 84.5 Å². The number of nitrogens with one attached hydrogen (secondary N) is 1. The molecule has 4 rings (SSSR count). The molecule has 0 aliphatic carbocycles. The van der Waals surface area contributed by atoms with Gasteiger partial charge in [-0.25, -0.2) is 4.98 Å². The van der Waals surface area contributed by atoms with Crippen LogP contribution in [0.4, 0.5) is 0 Å². The van der Waals surface area contributed by atoms with Crippen molar-refractivity contribution in [2.75, 3.05) is 26.2 Å². The van der Waals surface area contributed by atoms with Crippen molar-refractivity contribution in [3.8, 4) is 11.3 Å². The Labute approximate surface area is 179 Å². The molecule has 1 fully saturated rings. The molecular weight excluding hydrogens is 400 g/mol. The molecule has 4 heterocycles. The minimum absolute atomic E-state index is 0.0746. The van der Waals surface area contributed by atoms with Crippen molar-refractivity contribution in [1.82, 2.24) is 29.4 Å². The van der Waals surface area contributed by atoms with E-state index in [0.717, 1.165) is 25.3 Å². The molecule has 1 N–H and O–H groups in total. The van der Waals surface area contributed by atoms with Gasteiger partial charge in [-0.3, -0.25) is 18.7 Å². The number of aryl methyl sites for hydroxylation is 3. The van der Waals surface area contributed by atoms with Crippen LogP contribution in [0, 0.1) is 13.8 Å². The molecule has 30 heavy (non-hydrogen) atoms. The van der Waals surface area contributed by atoms with E-state index in [9.17, 15) is 9.59 Å². The number of fused-ring (bicyclic) bond motifs is 1. The van der Waals surface area contributed by atoms with E-state index in [4.69, 9.17) is 0 Å². The van der Waals surface area contributed by atoms with Gasteiger partial charge in [-0.15, -0.1) is 11.3 Å². The Bertz CT molecular complexity index is 1100. The number of likely N-dealkylation sites (tertiary alicyclic amines) is 1. The lowest BCUT2D eigenvalue weighted by Gasteiger charge is -2.26. The smallest absolute Gasteiger partial charge is 0.268 e. The van der Waals surface area contributed by atoms with Gasteiger partial charge in [0.05, 0.1) is 23.4 Å². The molecule has 0 aromatic carbocycles. The van der Waals surface area contributed by atoms with Crippen LogP contribution in [0.1, 0.15) is 36.3 Å². The summed E-state index contributed by atoms with van der Waals surface area (Å²) in [4.78, 5) is 33.4. The Morgan fingerprint density at radius 1 is 1.23 bits per heavy atom. The minimum atomic E-state index is -0.173. The van der Waals surface area contributed by atoms with E-state index in [2.05, 4.69) is 20.3 Å². The number of thiazole rings is 1. The minimum Gasteiger partial charge on any atom is -0.354 e. The Hall–Kier alpha value is -2.52. The predicted molar refractivity (Wildman–Crippen MR) is 118 cm³/mol. The van der Waals surface area contributed by atoms with Crippen LogP contribution < -0.4 is 10.9 Å². The first-order valence-electron chi connectivity index (χ1n) is 10.4. The molecule has 9 heteroatoms. The summed E-state index contributed by atoms with van der Waals surface area (Å²) in [5, 5.41) is 9.29. The van der Waals surface area contributed by atoms with Crippen LogP contribution in [0.15, 0.2) is 16.2 Å². The van der Waals surface area contributed by atoms with Crippen LogP contribution >= 0.6 is 11.3 Å². The highest BCUT2D eigenvalue weighted by atomic mass is 32.1. The van der Waals surface area contributed by atoms with Crippen molar-refractivity contribution < 1.29 is 4.79 Å². The van der Waals surface area contributed by atoms with Gasteiger partial charge in [0.2, 0.25) is 5.91 Å². The van der Waals surface area contributed by atoms with Gasteiger partial charge in [0, 0.05) is 36.9 Å². The van der Waals surface area contributed by atoms with Gasteiger partial charge < -0.3 is 10.2 Å². The second-order valence-electron chi connectivity index (χ2n) is 7.95. The van der Waals surface area contributed by atoms with Crippen molar-refractivity contribution >= 4 is 22.2 Å². The van der Waals surface area contributed by atoms with Crippen molar-refractivity contribution in [2.24, 2.45) is 7.05 Å². The molecule has 160 valence electrons. The maximum atomic E-state index is 13.3. The third-order valence-electron chi connectivity index (χ3n) is 5.73. The molecule has 0 radical (unpaired) electrons. The highest BCUT2D eigenvalue weighted by molar-refractivity contribution is 7.15. The van der Waals surface area contributed by atoms with E-state index < -0.39 is 0 Å². The van der Waals surface area contributed by atoms with Crippen LogP contribution in [0.25, 0.3) is 16.2 Å². The summed E-state index contributed by atoms with van der Waals surface area (Å²) in [6.07, 6.45) is 3.94. The normalized spacial score (nSPS) is 15.0. The van der Waals surface area contributed by atoms with Crippen LogP contribution in [0.3, 0.4) is 0 Å². The van der Waals surface area contributed by atoms with Crippen LogP contribution in [0.5, 0.6) is 0 Å². The second-order valence-corrected chi connectivity index (χ2v) is 8.78. The fourth-order valence-corrected chi connectivity index (χ4v) is 4.90. The van der Waals surface area contributed by atoms with Gasteiger partial charge in [0.1, 0.15) is 0 Å². The molecule has 1 saturated heterocycles. The SMILES string of the molecule is Cc1nc2scc(CC(=O)NCCN3CCCCC3)n2c(=O)c1-c1cc(C)n(C)n1. The fraction of sp³-hybridized carbons (Fsp3) is 0.524. The summed E-state index contributed by atoms with van der Waals surface area (Å²) in [6.45, 7) is 7.50. The lowest BCUT2D eigenvalue weighted by atomic mass is 10.1. The van der Waals surface area contributed by atoms with E-state index in [-0.39, 0.29) is 17.9 Å². The zero-order valence-electron chi connectivity index (χ0n) is 17.8. The number of amides is 1. The number of nitrogens with zero attached hydrogens (tertiary/aromatic N) is 5. The maximum absolute atomic E-state index is 13.3. The first kappa shape index (κ1) is 20.7. The van der Waals surface area contributed by atoms with E-state index in [1.807, 2.05) is 32.3 Å². The third kappa shape index (κ3) is 4.17. The molecule has 0 bridgehead atoms. The summed E-state index contributed by atoms with van der Waals surface area (Å²) in [7, 11) is 1.85. The monoisotopic (exact) mass is 428 g/mol. The molecule has 1 amide bonds. The number of rotatable bonds is 6. The average molecular weight is 429 g/mol. The summed E-state index contributed by atoms with van der Waals surface area (Å²) in [6, 6.07) is 1.89. The van der Waals surface area contributed by atoms with E-state index in [1.54, 1.807) is 9.08 Å². The summed E-state index contributed by atoms with van der Waals surface area (Å²) >= 11 is 1.38. The number of aromatic nitrogens is 4. The fourth-order valence-electron chi connectivity index (χ4n) is 3.97. The molecule has 1 aliphatic rings. The van der Waals surface area contributed by atoms with Gasteiger partial charge in [0.15, 0.2) is 4.96 Å². The molecule has 3 aromatic heterocycles. The first-order valence-corrected chi connectivity index (χ1v) is 11.3. The zero-order chi connectivity index (χ0) is 21.3.